The summed E-state index contributed by atoms with van der Waals surface area (Å²) in [6.45, 7) is 5.85. The monoisotopic (exact) mass is 244 g/mol. The average molecular weight is 244 g/mol. The van der Waals surface area contributed by atoms with Gasteiger partial charge in [0.2, 0.25) is 0 Å². The summed E-state index contributed by atoms with van der Waals surface area (Å²) in [6, 6.07) is 10.5. The van der Waals surface area contributed by atoms with Gasteiger partial charge in [-0.15, -0.1) is 0 Å². The Balaban J connectivity index is 2.25. The molecule has 0 unspecified atom stereocenters. The second-order valence-corrected chi connectivity index (χ2v) is 4.23. The van der Waals surface area contributed by atoms with Gasteiger partial charge in [-0.2, -0.15) is 0 Å². The molecule has 3 heteroatoms. The Hall–Kier alpha value is -1.74. The van der Waals surface area contributed by atoms with Crippen molar-refractivity contribution in [1.29, 1.82) is 0 Å². The molecule has 1 heterocycles. The lowest BCUT2D eigenvalue weighted by atomic mass is 10.1. The van der Waals surface area contributed by atoms with E-state index in [0.29, 0.717) is 0 Å². The van der Waals surface area contributed by atoms with E-state index in [0.717, 1.165) is 30.0 Å². The quantitative estimate of drug-likeness (QED) is 0.892. The molecule has 0 radical (unpaired) electrons. The first-order valence-electron chi connectivity index (χ1n) is 6.14. The summed E-state index contributed by atoms with van der Waals surface area (Å²) in [5, 5.41) is 3.28. The van der Waals surface area contributed by atoms with Crippen LogP contribution in [-0.2, 0) is 6.54 Å². The Morgan fingerprint density at radius 2 is 1.83 bits per heavy atom. The third-order valence-electron chi connectivity index (χ3n) is 2.90. The summed E-state index contributed by atoms with van der Waals surface area (Å²) in [5.41, 5.74) is 4.03. The van der Waals surface area contributed by atoms with Crippen molar-refractivity contribution < 1.29 is 4.39 Å². The van der Waals surface area contributed by atoms with Gasteiger partial charge in [0.1, 0.15) is 5.82 Å². The minimum Gasteiger partial charge on any atom is -0.313 e. The molecule has 0 saturated heterocycles. The summed E-state index contributed by atoms with van der Waals surface area (Å²) in [4.78, 5) is 4.56. The number of hydrogen-bond donors (Lipinski definition) is 1. The first kappa shape index (κ1) is 12.7. The summed E-state index contributed by atoms with van der Waals surface area (Å²) in [5.74, 6) is -0.223. The Kier molecular flexibility index (Phi) is 4.05. The van der Waals surface area contributed by atoms with Crippen LogP contribution in [0.3, 0.4) is 0 Å². The predicted octanol–water partition coefficient (Wildman–Crippen LogP) is 3.31. The molecule has 1 aromatic carbocycles. The zero-order valence-electron chi connectivity index (χ0n) is 10.7. The second-order valence-electron chi connectivity index (χ2n) is 4.23. The fourth-order valence-corrected chi connectivity index (χ4v) is 1.82. The van der Waals surface area contributed by atoms with Crippen LogP contribution >= 0.6 is 0 Å². The fraction of sp³-hybridized carbons (Fsp3) is 0.267. The first-order valence-corrected chi connectivity index (χ1v) is 6.14. The highest BCUT2D eigenvalue weighted by atomic mass is 19.1. The van der Waals surface area contributed by atoms with Crippen LogP contribution in [0.25, 0.3) is 11.3 Å². The summed E-state index contributed by atoms with van der Waals surface area (Å²) >= 11 is 0. The lowest BCUT2D eigenvalue weighted by Gasteiger charge is -2.08. The van der Waals surface area contributed by atoms with Gasteiger partial charge < -0.3 is 5.32 Å². The second kappa shape index (κ2) is 5.74. The number of nitrogens with one attached hydrogen (secondary N) is 1. The van der Waals surface area contributed by atoms with Crippen LogP contribution < -0.4 is 5.32 Å². The Morgan fingerprint density at radius 3 is 2.44 bits per heavy atom. The van der Waals surface area contributed by atoms with E-state index in [4.69, 9.17) is 0 Å². The number of aromatic nitrogens is 1. The Labute approximate surface area is 107 Å². The number of halogens is 1. The van der Waals surface area contributed by atoms with E-state index in [1.807, 2.05) is 13.0 Å². The highest BCUT2D eigenvalue weighted by Gasteiger charge is 2.03. The number of aryl methyl sites for hydroxylation is 1. The third-order valence-corrected chi connectivity index (χ3v) is 2.90. The van der Waals surface area contributed by atoms with Crippen molar-refractivity contribution in [3.63, 3.8) is 0 Å². The topological polar surface area (TPSA) is 24.9 Å². The molecule has 0 fully saturated rings. The zero-order valence-corrected chi connectivity index (χ0v) is 10.7. The Morgan fingerprint density at radius 1 is 1.11 bits per heavy atom. The molecule has 0 aliphatic rings. The first-order chi connectivity index (χ1) is 8.70. The fourth-order valence-electron chi connectivity index (χ4n) is 1.82. The van der Waals surface area contributed by atoms with Gasteiger partial charge in [0.15, 0.2) is 0 Å². The SMILES string of the molecule is CCNCc1ccc(-c2ccc(F)cc2)nc1C. The van der Waals surface area contributed by atoms with Crippen LogP contribution in [-0.4, -0.2) is 11.5 Å². The number of benzene rings is 1. The number of rotatable bonds is 4. The summed E-state index contributed by atoms with van der Waals surface area (Å²) in [6.07, 6.45) is 0. The van der Waals surface area contributed by atoms with E-state index in [2.05, 4.69) is 23.3 Å². The highest BCUT2D eigenvalue weighted by Crippen LogP contribution is 2.19. The molecule has 0 saturated carbocycles. The van der Waals surface area contributed by atoms with Crippen molar-refractivity contribution in [2.45, 2.75) is 20.4 Å². The minimum absolute atomic E-state index is 0.223. The molecule has 0 aliphatic carbocycles. The number of nitrogens with zero attached hydrogens (tertiary/aromatic N) is 1. The molecule has 94 valence electrons. The predicted molar refractivity (Wildman–Crippen MR) is 71.7 cm³/mol. The van der Waals surface area contributed by atoms with E-state index < -0.39 is 0 Å². The minimum atomic E-state index is -0.223. The van der Waals surface area contributed by atoms with Crippen LogP contribution in [0.15, 0.2) is 36.4 Å². The van der Waals surface area contributed by atoms with E-state index in [-0.39, 0.29) is 5.82 Å². The molecule has 2 aromatic rings. The maximum Gasteiger partial charge on any atom is 0.123 e. The molecular weight excluding hydrogens is 227 g/mol. The molecule has 2 rings (SSSR count). The van der Waals surface area contributed by atoms with Crippen LogP contribution in [0.1, 0.15) is 18.2 Å². The van der Waals surface area contributed by atoms with Crippen molar-refractivity contribution in [2.75, 3.05) is 6.54 Å². The molecule has 0 bridgehead atoms. The molecule has 18 heavy (non-hydrogen) atoms. The van der Waals surface area contributed by atoms with Gasteiger partial charge in [0.05, 0.1) is 5.69 Å². The maximum absolute atomic E-state index is 12.9. The van der Waals surface area contributed by atoms with Gasteiger partial charge in [-0.3, -0.25) is 4.98 Å². The van der Waals surface area contributed by atoms with Gasteiger partial charge in [0.25, 0.3) is 0 Å². The van der Waals surface area contributed by atoms with E-state index in [1.54, 1.807) is 12.1 Å². The van der Waals surface area contributed by atoms with Crippen molar-refractivity contribution >= 4 is 0 Å². The van der Waals surface area contributed by atoms with Crippen LogP contribution in [0.2, 0.25) is 0 Å². The highest BCUT2D eigenvalue weighted by molar-refractivity contribution is 5.59. The Bertz CT molecular complexity index is 521. The molecule has 2 nitrogen and oxygen atoms in total. The standard InChI is InChI=1S/C15H17FN2/c1-3-17-10-13-6-9-15(18-11(13)2)12-4-7-14(16)8-5-12/h4-9,17H,3,10H2,1-2H3. The van der Waals surface area contributed by atoms with Crippen LogP contribution in [0.4, 0.5) is 4.39 Å². The van der Waals surface area contributed by atoms with Gasteiger partial charge >= 0.3 is 0 Å². The smallest absolute Gasteiger partial charge is 0.123 e. The van der Waals surface area contributed by atoms with Crippen molar-refractivity contribution in [2.24, 2.45) is 0 Å². The van der Waals surface area contributed by atoms with Gasteiger partial charge in [-0.05, 0) is 49.4 Å². The molecule has 0 spiro atoms. The zero-order chi connectivity index (χ0) is 13.0. The average Bonchev–Trinajstić information content (AvgIpc) is 2.38. The van der Waals surface area contributed by atoms with Gasteiger partial charge in [-0.1, -0.05) is 13.0 Å². The van der Waals surface area contributed by atoms with E-state index in [9.17, 15) is 4.39 Å². The number of pyridine rings is 1. The van der Waals surface area contributed by atoms with E-state index in [1.165, 1.54) is 17.7 Å². The van der Waals surface area contributed by atoms with Crippen molar-refractivity contribution in [3.8, 4) is 11.3 Å². The summed E-state index contributed by atoms with van der Waals surface area (Å²) < 4.78 is 12.9. The molecule has 1 N–H and O–H groups in total. The maximum atomic E-state index is 12.9. The number of hydrogen-bond acceptors (Lipinski definition) is 2. The van der Waals surface area contributed by atoms with Crippen molar-refractivity contribution in [1.82, 2.24) is 10.3 Å². The van der Waals surface area contributed by atoms with E-state index >= 15 is 0 Å². The van der Waals surface area contributed by atoms with Crippen LogP contribution in [0.5, 0.6) is 0 Å². The third kappa shape index (κ3) is 2.93. The molecule has 0 amide bonds. The van der Waals surface area contributed by atoms with Crippen molar-refractivity contribution in [3.05, 3.63) is 53.5 Å². The molecule has 0 aliphatic heterocycles. The normalized spacial score (nSPS) is 10.6. The lowest BCUT2D eigenvalue weighted by molar-refractivity contribution is 0.628. The summed E-state index contributed by atoms with van der Waals surface area (Å²) in [7, 11) is 0. The van der Waals surface area contributed by atoms with Crippen LogP contribution in [0, 0.1) is 12.7 Å². The molecule has 1 aromatic heterocycles. The molecular formula is C15H17FN2. The van der Waals surface area contributed by atoms with Gasteiger partial charge in [0, 0.05) is 17.8 Å². The molecule has 0 atom stereocenters. The largest absolute Gasteiger partial charge is 0.313 e. The lowest BCUT2D eigenvalue weighted by Crippen LogP contribution is -2.13. The van der Waals surface area contributed by atoms with Gasteiger partial charge in [-0.25, -0.2) is 4.39 Å².